The van der Waals surface area contributed by atoms with E-state index in [4.69, 9.17) is 5.73 Å². The third-order valence-corrected chi connectivity index (χ3v) is 2.66. The number of nitrogens with zero attached hydrogens (tertiary/aromatic N) is 1. The number of halogens is 3. The van der Waals surface area contributed by atoms with Gasteiger partial charge in [0.15, 0.2) is 0 Å². The summed E-state index contributed by atoms with van der Waals surface area (Å²) in [6, 6.07) is 7.49. The zero-order chi connectivity index (χ0) is 14.3. The van der Waals surface area contributed by atoms with E-state index in [9.17, 15) is 13.2 Å². The quantitative estimate of drug-likeness (QED) is 0.832. The summed E-state index contributed by atoms with van der Waals surface area (Å²) < 4.78 is 39.6. The Kier molecular flexibility index (Phi) is 6.11. The van der Waals surface area contributed by atoms with Gasteiger partial charge in [-0.2, -0.15) is 0 Å². The molecule has 0 fully saturated rings. The topological polar surface area (TPSA) is 38.5 Å². The van der Waals surface area contributed by atoms with Gasteiger partial charge in [0.05, 0.1) is 6.61 Å². The number of rotatable bonds is 7. The Morgan fingerprint density at radius 3 is 2.26 bits per heavy atom. The summed E-state index contributed by atoms with van der Waals surface area (Å²) in [5.41, 5.74) is 7.38. The molecule has 0 saturated carbocycles. The highest BCUT2D eigenvalue weighted by Gasteiger charge is 2.28. The van der Waals surface area contributed by atoms with Crippen molar-refractivity contribution in [2.24, 2.45) is 5.73 Å². The minimum absolute atomic E-state index is 0.204. The molecular formula is C13H19F3N2O. The highest BCUT2D eigenvalue weighted by atomic mass is 19.4. The summed E-state index contributed by atoms with van der Waals surface area (Å²) in [6.45, 7) is 2.94. The second kappa shape index (κ2) is 7.35. The molecule has 0 atom stereocenters. The maximum absolute atomic E-state index is 11.9. The van der Waals surface area contributed by atoms with Gasteiger partial charge in [-0.1, -0.05) is 19.1 Å². The third-order valence-electron chi connectivity index (χ3n) is 2.66. The lowest BCUT2D eigenvalue weighted by Crippen LogP contribution is -2.30. The molecule has 0 heterocycles. The van der Waals surface area contributed by atoms with E-state index >= 15 is 0 Å². The van der Waals surface area contributed by atoms with Crippen LogP contribution in [0.5, 0.6) is 0 Å². The molecule has 0 saturated heterocycles. The van der Waals surface area contributed by atoms with Gasteiger partial charge in [0.2, 0.25) is 0 Å². The summed E-state index contributed by atoms with van der Waals surface area (Å²) >= 11 is 0. The van der Waals surface area contributed by atoms with Crippen molar-refractivity contribution in [1.82, 2.24) is 0 Å². The van der Waals surface area contributed by atoms with Gasteiger partial charge in [0.1, 0.15) is 0 Å². The summed E-state index contributed by atoms with van der Waals surface area (Å²) in [5, 5.41) is 0. The zero-order valence-corrected chi connectivity index (χ0v) is 10.9. The van der Waals surface area contributed by atoms with Crippen LogP contribution in [0.25, 0.3) is 0 Å². The SMILES string of the molecule is CCCN(CCOC(F)(F)F)c1ccc(CN)cc1. The smallest absolute Gasteiger partial charge is 0.369 e. The lowest BCUT2D eigenvalue weighted by Gasteiger charge is -2.24. The van der Waals surface area contributed by atoms with Gasteiger partial charge in [0, 0.05) is 25.3 Å². The Morgan fingerprint density at radius 2 is 1.79 bits per heavy atom. The van der Waals surface area contributed by atoms with E-state index in [0.29, 0.717) is 13.1 Å². The first-order valence-corrected chi connectivity index (χ1v) is 6.21. The van der Waals surface area contributed by atoms with Crippen LogP contribution in [0.3, 0.4) is 0 Å². The van der Waals surface area contributed by atoms with Gasteiger partial charge < -0.3 is 10.6 Å². The highest BCUT2D eigenvalue weighted by Crippen LogP contribution is 2.18. The average molecular weight is 276 g/mol. The van der Waals surface area contributed by atoms with Gasteiger partial charge in [-0.05, 0) is 24.1 Å². The molecule has 0 bridgehead atoms. The third kappa shape index (κ3) is 5.94. The van der Waals surface area contributed by atoms with Crippen LogP contribution in [0.2, 0.25) is 0 Å². The Labute approximate surface area is 111 Å². The van der Waals surface area contributed by atoms with E-state index in [-0.39, 0.29) is 13.2 Å². The second-order valence-electron chi connectivity index (χ2n) is 4.15. The number of alkyl halides is 3. The Balaban J connectivity index is 2.60. The second-order valence-corrected chi connectivity index (χ2v) is 4.15. The summed E-state index contributed by atoms with van der Waals surface area (Å²) in [4.78, 5) is 1.87. The molecule has 19 heavy (non-hydrogen) atoms. The lowest BCUT2D eigenvalue weighted by molar-refractivity contribution is -0.323. The van der Waals surface area contributed by atoms with Crippen LogP contribution in [0, 0.1) is 0 Å². The van der Waals surface area contributed by atoms with Crippen molar-refractivity contribution in [1.29, 1.82) is 0 Å². The van der Waals surface area contributed by atoms with Gasteiger partial charge in [-0.15, -0.1) is 13.2 Å². The van der Waals surface area contributed by atoms with Crippen molar-refractivity contribution in [2.45, 2.75) is 26.3 Å². The average Bonchev–Trinajstić information content (AvgIpc) is 2.36. The first-order valence-electron chi connectivity index (χ1n) is 6.21. The van der Waals surface area contributed by atoms with Crippen molar-refractivity contribution in [3.8, 4) is 0 Å². The molecule has 0 spiro atoms. The van der Waals surface area contributed by atoms with E-state index in [1.165, 1.54) is 0 Å². The molecule has 0 aromatic heterocycles. The molecular weight excluding hydrogens is 257 g/mol. The molecule has 1 aromatic carbocycles. The first kappa shape index (κ1) is 15.8. The largest absolute Gasteiger partial charge is 0.522 e. The molecule has 3 nitrogen and oxygen atoms in total. The van der Waals surface area contributed by atoms with E-state index in [1.54, 1.807) is 0 Å². The fourth-order valence-corrected chi connectivity index (χ4v) is 1.75. The van der Waals surface area contributed by atoms with Crippen LogP contribution >= 0.6 is 0 Å². The van der Waals surface area contributed by atoms with Crippen LogP contribution in [0.1, 0.15) is 18.9 Å². The molecule has 0 unspecified atom stereocenters. The Bertz CT molecular complexity index is 365. The van der Waals surface area contributed by atoms with Gasteiger partial charge >= 0.3 is 6.36 Å². The molecule has 0 amide bonds. The first-order chi connectivity index (χ1) is 8.96. The maximum Gasteiger partial charge on any atom is 0.522 e. The molecule has 6 heteroatoms. The molecule has 0 aliphatic carbocycles. The van der Waals surface area contributed by atoms with E-state index < -0.39 is 6.36 Å². The molecule has 2 N–H and O–H groups in total. The summed E-state index contributed by atoms with van der Waals surface area (Å²) in [6.07, 6.45) is -3.72. The van der Waals surface area contributed by atoms with Crippen LogP contribution in [0.4, 0.5) is 18.9 Å². The van der Waals surface area contributed by atoms with Crippen LogP contribution in [-0.2, 0) is 11.3 Å². The maximum atomic E-state index is 11.9. The number of benzene rings is 1. The Morgan fingerprint density at radius 1 is 1.16 bits per heavy atom. The molecule has 1 aromatic rings. The number of nitrogens with two attached hydrogens (primary N) is 1. The predicted octanol–water partition coefficient (Wildman–Crippen LogP) is 2.90. The number of ether oxygens (including phenoxy) is 1. The van der Waals surface area contributed by atoms with Crippen molar-refractivity contribution in [2.75, 3.05) is 24.6 Å². The summed E-state index contributed by atoms with van der Waals surface area (Å²) in [5.74, 6) is 0. The normalized spacial score (nSPS) is 11.6. The highest BCUT2D eigenvalue weighted by molar-refractivity contribution is 5.47. The summed E-state index contributed by atoms with van der Waals surface area (Å²) in [7, 11) is 0. The number of anilines is 1. The van der Waals surface area contributed by atoms with Crippen molar-refractivity contribution in [3.05, 3.63) is 29.8 Å². The van der Waals surface area contributed by atoms with Crippen LogP contribution < -0.4 is 10.6 Å². The van der Waals surface area contributed by atoms with Gasteiger partial charge in [-0.25, -0.2) is 0 Å². The van der Waals surface area contributed by atoms with Crippen LogP contribution in [0.15, 0.2) is 24.3 Å². The Hall–Kier alpha value is -1.27. The number of hydrogen-bond donors (Lipinski definition) is 1. The molecule has 1 rings (SSSR count). The minimum atomic E-state index is -4.57. The van der Waals surface area contributed by atoms with E-state index in [0.717, 1.165) is 17.7 Å². The molecule has 0 radical (unpaired) electrons. The standard InChI is InChI=1S/C13H19F3N2O/c1-2-7-18(8-9-19-13(14,15)16)12-5-3-11(10-17)4-6-12/h3-6H,2,7-10,17H2,1H3. The van der Waals surface area contributed by atoms with Crippen molar-refractivity contribution in [3.63, 3.8) is 0 Å². The van der Waals surface area contributed by atoms with Crippen molar-refractivity contribution >= 4 is 5.69 Å². The predicted molar refractivity (Wildman–Crippen MR) is 68.8 cm³/mol. The zero-order valence-electron chi connectivity index (χ0n) is 10.9. The van der Waals surface area contributed by atoms with Crippen LogP contribution in [-0.4, -0.2) is 26.1 Å². The van der Waals surface area contributed by atoms with E-state index in [1.807, 2.05) is 36.1 Å². The van der Waals surface area contributed by atoms with Gasteiger partial charge in [0.25, 0.3) is 0 Å². The molecule has 0 aliphatic heterocycles. The monoisotopic (exact) mass is 276 g/mol. The fourth-order valence-electron chi connectivity index (χ4n) is 1.75. The molecule has 108 valence electrons. The number of hydrogen-bond acceptors (Lipinski definition) is 3. The molecule has 0 aliphatic rings. The van der Waals surface area contributed by atoms with Crippen molar-refractivity contribution < 1.29 is 17.9 Å². The lowest BCUT2D eigenvalue weighted by atomic mass is 10.2. The minimum Gasteiger partial charge on any atom is -0.369 e. The van der Waals surface area contributed by atoms with Gasteiger partial charge in [-0.3, -0.25) is 4.74 Å². The fraction of sp³-hybridized carbons (Fsp3) is 0.538. The van der Waals surface area contributed by atoms with E-state index in [2.05, 4.69) is 4.74 Å².